The van der Waals surface area contributed by atoms with Gasteiger partial charge in [0.15, 0.2) is 0 Å². The molecule has 4 rings (SSSR count). The van der Waals surface area contributed by atoms with Crippen LogP contribution in [-0.2, 0) is 11.2 Å². The summed E-state index contributed by atoms with van der Waals surface area (Å²) in [5.74, 6) is 1.74. The molecule has 1 atom stereocenters. The number of amides is 1. The Balaban J connectivity index is 0.000000171. The second-order valence-electron chi connectivity index (χ2n) is 8.90. The first-order chi connectivity index (χ1) is 15.2. The van der Waals surface area contributed by atoms with E-state index in [1.807, 2.05) is 43.9 Å². The zero-order valence-corrected chi connectivity index (χ0v) is 20.4. The van der Waals surface area contributed by atoms with E-state index in [0.717, 1.165) is 48.9 Å². The number of halogens is 2. The average Bonchev–Trinajstić information content (AvgIpc) is 3.47. The highest BCUT2D eigenvalue weighted by Gasteiger charge is 2.29. The van der Waals surface area contributed by atoms with Crippen LogP contribution in [0.3, 0.4) is 0 Å². The molecule has 0 spiro atoms. The number of rotatable bonds is 3. The van der Waals surface area contributed by atoms with Crippen molar-refractivity contribution in [3.05, 3.63) is 69.5 Å². The second-order valence-corrected chi connectivity index (χ2v) is 9.31. The molecule has 2 aromatic rings. The molecule has 5 heteroatoms. The Hall–Kier alpha value is -2.38. The molecule has 1 aliphatic heterocycles. The van der Waals surface area contributed by atoms with Crippen LogP contribution in [-0.4, -0.2) is 23.9 Å². The number of nitriles is 1. The largest absolute Gasteiger partial charge is 0.342 e. The summed E-state index contributed by atoms with van der Waals surface area (Å²) in [6, 6.07) is 12.3. The molecule has 3 nitrogen and oxygen atoms in total. The van der Waals surface area contributed by atoms with E-state index < -0.39 is 0 Å². The van der Waals surface area contributed by atoms with Crippen molar-refractivity contribution in [2.75, 3.05) is 13.1 Å². The van der Waals surface area contributed by atoms with Crippen molar-refractivity contribution in [1.82, 2.24) is 4.90 Å². The van der Waals surface area contributed by atoms with Crippen molar-refractivity contribution >= 4 is 17.5 Å². The summed E-state index contributed by atoms with van der Waals surface area (Å²) in [5, 5.41) is 9.00. The highest BCUT2D eigenvalue weighted by Crippen LogP contribution is 2.33. The first kappa shape index (κ1) is 25.9. The Kier molecular flexibility index (Phi) is 10.2. The Bertz CT molecular complexity index is 940. The van der Waals surface area contributed by atoms with E-state index in [1.54, 1.807) is 18.2 Å². The first-order valence-electron chi connectivity index (χ1n) is 11.4. The standard InChI is InChI=1S/C10H17NO.C9H11F.C8H6ClN/c1-8-4-5-11(7-8)10(12)6-9-2-3-9;1-3-8-6-9(10)5-4-7(8)2;1-6-2-3-7(5-10)8(9)4-6/h8-9H,2-7H2,1H3;4-6H,3H2,1-2H3;2-4H,1H3. The summed E-state index contributed by atoms with van der Waals surface area (Å²) >= 11 is 5.71. The molecule has 1 amide bonds. The van der Waals surface area contributed by atoms with Crippen molar-refractivity contribution in [2.45, 2.75) is 59.8 Å². The van der Waals surface area contributed by atoms with E-state index in [9.17, 15) is 9.18 Å². The lowest BCUT2D eigenvalue weighted by atomic mass is 10.1. The number of nitrogens with zero attached hydrogens (tertiary/aromatic N) is 2. The molecule has 2 aliphatic rings. The normalized spacial score (nSPS) is 16.9. The summed E-state index contributed by atoms with van der Waals surface area (Å²) in [5.41, 5.74) is 3.88. The SMILES string of the molecule is CC1CCN(C(=O)CC2CC2)C1.CCc1cc(F)ccc1C.Cc1ccc(C#N)c(Cl)c1. The number of carbonyl (C=O) groups excluding carboxylic acids is 1. The fourth-order valence-corrected chi connectivity index (χ4v) is 3.87. The Labute approximate surface area is 197 Å². The summed E-state index contributed by atoms with van der Waals surface area (Å²) in [4.78, 5) is 13.6. The Morgan fingerprint density at radius 3 is 2.41 bits per heavy atom. The monoisotopic (exact) mass is 456 g/mol. The fraction of sp³-hybridized carbons (Fsp3) is 0.481. The van der Waals surface area contributed by atoms with Crippen molar-refractivity contribution in [3.63, 3.8) is 0 Å². The van der Waals surface area contributed by atoms with Crippen molar-refractivity contribution < 1.29 is 9.18 Å². The maximum Gasteiger partial charge on any atom is 0.222 e. The molecular weight excluding hydrogens is 423 g/mol. The Morgan fingerprint density at radius 2 is 1.91 bits per heavy atom. The number of hydrogen-bond acceptors (Lipinski definition) is 2. The predicted molar refractivity (Wildman–Crippen MR) is 129 cm³/mol. The van der Waals surface area contributed by atoms with Gasteiger partial charge in [0.25, 0.3) is 0 Å². The van der Waals surface area contributed by atoms with E-state index in [-0.39, 0.29) is 5.82 Å². The predicted octanol–water partition coefficient (Wildman–Crippen LogP) is 6.87. The van der Waals surface area contributed by atoms with E-state index >= 15 is 0 Å². The van der Waals surface area contributed by atoms with Gasteiger partial charge >= 0.3 is 0 Å². The lowest BCUT2D eigenvalue weighted by Crippen LogP contribution is -2.28. The molecule has 2 fully saturated rings. The van der Waals surface area contributed by atoms with Gasteiger partial charge in [-0.15, -0.1) is 0 Å². The van der Waals surface area contributed by atoms with Crippen LogP contribution in [0.2, 0.25) is 5.02 Å². The van der Waals surface area contributed by atoms with Crippen molar-refractivity contribution in [2.24, 2.45) is 11.8 Å². The number of likely N-dealkylation sites (tertiary alicyclic amines) is 1. The van der Waals surface area contributed by atoms with Gasteiger partial charge < -0.3 is 4.90 Å². The molecule has 0 radical (unpaired) electrons. The molecule has 2 aromatic carbocycles. The minimum absolute atomic E-state index is 0.137. The van der Waals surface area contributed by atoms with Gasteiger partial charge in [0, 0.05) is 19.5 Å². The van der Waals surface area contributed by atoms with Crippen LogP contribution >= 0.6 is 11.6 Å². The van der Waals surface area contributed by atoms with Gasteiger partial charge in [-0.3, -0.25) is 4.79 Å². The molecule has 0 N–H and O–H groups in total. The van der Waals surface area contributed by atoms with E-state index in [2.05, 4.69) is 6.92 Å². The quantitative estimate of drug-likeness (QED) is 0.505. The summed E-state index contributed by atoms with van der Waals surface area (Å²) in [6.07, 6.45) is 5.51. The summed E-state index contributed by atoms with van der Waals surface area (Å²) < 4.78 is 12.5. The smallest absolute Gasteiger partial charge is 0.222 e. The van der Waals surface area contributed by atoms with Gasteiger partial charge in [0.05, 0.1) is 10.6 Å². The van der Waals surface area contributed by atoms with Crippen LogP contribution in [0.15, 0.2) is 36.4 Å². The van der Waals surface area contributed by atoms with Gasteiger partial charge in [0.2, 0.25) is 5.91 Å². The molecule has 1 heterocycles. The van der Waals surface area contributed by atoms with Crippen molar-refractivity contribution in [3.8, 4) is 6.07 Å². The van der Waals surface area contributed by atoms with E-state index in [0.29, 0.717) is 16.5 Å². The van der Waals surface area contributed by atoms with Gasteiger partial charge in [0.1, 0.15) is 11.9 Å². The van der Waals surface area contributed by atoms with Crippen LogP contribution in [0.1, 0.15) is 61.8 Å². The average molecular weight is 457 g/mol. The molecule has 1 saturated heterocycles. The van der Waals surface area contributed by atoms with Gasteiger partial charge in [-0.25, -0.2) is 4.39 Å². The lowest BCUT2D eigenvalue weighted by Gasteiger charge is -2.15. The number of hydrogen-bond donors (Lipinski definition) is 0. The summed E-state index contributed by atoms with van der Waals surface area (Å²) in [6.45, 7) is 10.2. The fourth-order valence-electron chi connectivity index (χ4n) is 3.59. The second kappa shape index (κ2) is 12.6. The maximum absolute atomic E-state index is 12.5. The molecule has 0 aromatic heterocycles. The minimum Gasteiger partial charge on any atom is -0.342 e. The zero-order chi connectivity index (χ0) is 23.7. The van der Waals surface area contributed by atoms with Crippen LogP contribution in [0.4, 0.5) is 4.39 Å². The van der Waals surface area contributed by atoms with Crippen LogP contribution in [0, 0.1) is 42.8 Å². The minimum atomic E-state index is -0.137. The van der Waals surface area contributed by atoms with Gasteiger partial charge in [-0.05, 0) is 92.3 Å². The molecule has 1 saturated carbocycles. The molecule has 1 aliphatic carbocycles. The highest BCUT2D eigenvalue weighted by molar-refractivity contribution is 6.31. The highest BCUT2D eigenvalue weighted by atomic mass is 35.5. The lowest BCUT2D eigenvalue weighted by molar-refractivity contribution is -0.130. The van der Waals surface area contributed by atoms with Gasteiger partial charge in [-0.2, -0.15) is 5.26 Å². The number of carbonyl (C=O) groups is 1. The maximum atomic E-state index is 12.5. The molecule has 1 unspecified atom stereocenters. The first-order valence-corrected chi connectivity index (χ1v) is 11.8. The third-order valence-electron chi connectivity index (χ3n) is 5.87. The van der Waals surface area contributed by atoms with Crippen LogP contribution < -0.4 is 0 Å². The number of benzene rings is 2. The molecule has 172 valence electrons. The molecular formula is C27H34ClFN2O. The number of aryl methyl sites for hydroxylation is 3. The van der Waals surface area contributed by atoms with Crippen LogP contribution in [0.5, 0.6) is 0 Å². The van der Waals surface area contributed by atoms with Gasteiger partial charge in [-0.1, -0.05) is 37.6 Å². The summed E-state index contributed by atoms with van der Waals surface area (Å²) in [7, 11) is 0. The Morgan fingerprint density at radius 1 is 1.19 bits per heavy atom. The van der Waals surface area contributed by atoms with E-state index in [1.165, 1.54) is 30.9 Å². The molecule has 32 heavy (non-hydrogen) atoms. The van der Waals surface area contributed by atoms with Crippen molar-refractivity contribution in [1.29, 1.82) is 5.26 Å². The third-order valence-corrected chi connectivity index (χ3v) is 6.19. The third kappa shape index (κ3) is 8.63. The molecule has 0 bridgehead atoms. The topological polar surface area (TPSA) is 44.1 Å². The van der Waals surface area contributed by atoms with Crippen LogP contribution in [0.25, 0.3) is 0 Å². The van der Waals surface area contributed by atoms with E-state index in [4.69, 9.17) is 16.9 Å². The zero-order valence-electron chi connectivity index (χ0n) is 19.6.